The van der Waals surface area contributed by atoms with Crippen LogP contribution in [0.15, 0.2) is 24.3 Å². The highest BCUT2D eigenvalue weighted by atomic mass is 19.3. The fourth-order valence-electron chi connectivity index (χ4n) is 3.20. The first-order valence-corrected chi connectivity index (χ1v) is 8.30. The summed E-state index contributed by atoms with van der Waals surface area (Å²) in [6.45, 7) is 2.83. The van der Waals surface area contributed by atoms with E-state index in [-0.39, 0.29) is 18.7 Å². The number of carbonyl (C=O) groups excluding carboxylic acids is 1. The van der Waals surface area contributed by atoms with Crippen molar-refractivity contribution in [2.75, 3.05) is 26.2 Å². The lowest BCUT2D eigenvalue weighted by Gasteiger charge is -2.35. The Balaban J connectivity index is 1.53. The monoisotopic (exact) mass is 353 g/mol. The summed E-state index contributed by atoms with van der Waals surface area (Å²) in [7, 11) is 0. The van der Waals surface area contributed by atoms with Crippen LogP contribution in [0.4, 0.5) is 13.6 Å². The van der Waals surface area contributed by atoms with Gasteiger partial charge in [-0.15, -0.1) is 0 Å². The van der Waals surface area contributed by atoms with Gasteiger partial charge in [-0.25, -0.2) is 13.6 Å². The first kappa shape index (κ1) is 17.6. The van der Waals surface area contributed by atoms with Gasteiger partial charge in [0.1, 0.15) is 0 Å². The zero-order chi connectivity index (χ0) is 18.0. The largest absolute Gasteiger partial charge is 0.465 e. The average Bonchev–Trinajstić information content (AvgIpc) is 2.54. The number of carboxylic acid groups (broad SMARTS) is 1. The molecule has 0 radical (unpaired) electrons. The van der Waals surface area contributed by atoms with E-state index in [2.05, 4.69) is 10.2 Å². The van der Waals surface area contributed by atoms with E-state index in [0.29, 0.717) is 38.3 Å². The lowest BCUT2D eigenvalue weighted by atomic mass is 9.88. The highest BCUT2D eigenvalue weighted by molar-refractivity contribution is 5.94. The van der Waals surface area contributed by atoms with Crippen molar-refractivity contribution < 1.29 is 23.5 Å². The van der Waals surface area contributed by atoms with E-state index in [1.807, 2.05) is 6.07 Å². The number of piperazine rings is 1. The summed E-state index contributed by atoms with van der Waals surface area (Å²) in [6.07, 6.45) is -1.50. The molecule has 1 aromatic carbocycles. The zero-order valence-electron chi connectivity index (χ0n) is 13.8. The molecule has 2 amide bonds. The standard InChI is InChI=1S/C17H21F2N3O3/c18-17(19)9-14(10-17)20-15(23)13-3-1-2-12(8-13)11-21-4-6-22(7-5-21)16(24)25/h1-3,8,14H,4-7,9-11H2,(H,20,23)(H,24,25). The van der Waals surface area contributed by atoms with Crippen molar-refractivity contribution in [1.82, 2.24) is 15.1 Å². The first-order valence-electron chi connectivity index (χ1n) is 8.30. The van der Waals surface area contributed by atoms with Crippen molar-refractivity contribution in [1.29, 1.82) is 0 Å². The summed E-state index contributed by atoms with van der Waals surface area (Å²) < 4.78 is 25.7. The molecule has 1 aliphatic heterocycles. The van der Waals surface area contributed by atoms with Gasteiger partial charge in [-0.05, 0) is 17.7 Å². The van der Waals surface area contributed by atoms with Crippen LogP contribution in [-0.4, -0.2) is 65.1 Å². The summed E-state index contributed by atoms with van der Waals surface area (Å²) in [6, 6.07) is 6.63. The van der Waals surface area contributed by atoms with Crippen LogP contribution < -0.4 is 5.32 Å². The number of alkyl halides is 2. The van der Waals surface area contributed by atoms with Crippen LogP contribution in [0.1, 0.15) is 28.8 Å². The Labute approximate surface area is 144 Å². The Kier molecular flexibility index (Phi) is 4.89. The molecule has 1 saturated heterocycles. The lowest BCUT2D eigenvalue weighted by molar-refractivity contribution is -0.0901. The van der Waals surface area contributed by atoms with Gasteiger partial charge in [0.25, 0.3) is 11.8 Å². The summed E-state index contributed by atoms with van der Waals surface area (Å²) in [5.41, 5.74) is 1.40. The maximum Gasteiger partial charge on any atom is 0.407 e. The minimum Gasteiger partial charge on any atom is -0.465 e. The second-order valence-corrected chi connectivity index (χ2v) is 6.68. The van der Waals surface area contributed by atoms with Gasteiger partial charge in [0, 0.05) is 57.2 Å². The molecule has 1 aliphatic carbocycles. The first-order chi connectivity index (χ1) is 11.8. The summed E-state index contributed by atoms with van der Waals surface area (Å²) >= 11 is 0. The maximum absolute atomic E-state index is 12.8. The van der Waals surface area contributed by atoms with Crippen molar-refractivity contribution in [3.63, 3.8) is 0 Å². The zero-order valence-corrected chi connectivity index (χ0v) is 13.8. The third-order valence-electron chi connectivity index (χ3n) is 4.66. The number of nitrogens with one attached hydrogen (secondary N) is 1. The van der Waals surface area contributed by atoms with Crippen molar-refractivity contribution in [3.8, 4) is 0 Å². The van der Waals surface area contributed by atoms with Crippen molar-refractivity contribution in [2.24, 2.45) is 0 Å². The normalized spacial score (nSPS) is 20.8. The second kappa shape index (κ2) is 6.95. The number of hydrogen-bond donors (Lipinski definition) is 2. The third kappa shape index (κ3) is 4.45. The van der Waals surface area contributed by atoms with Crippen molar-refractivity contribution in [3.05, 3.63) is 35.4 Å². The molecule has 6 nitrogen and oxygen atoms in total. The molecule has 0 aromatic heterocycles. The predicted octanol–water partition coefficient (Wildman–Crippen LogP) is 2.01. The second-order valence-electron chi connectivity index (χ2n) is 6.68. The van der Waals surface area contributed by atoms with Gasteiger partial charge < -0.3 is 15.3 Å². The summed E-state index contributed by atoms with van der Waals surface area (Å²) in [4.78, 5) is 26.6. The molecule has 2 N–H and O–H groups in total. The fourth-order valence-corrected chi connectivity index (χ4v) is 3.20. The molecule has 2 fully saturated rings. The number of amides is 2. The van der Waals surface area contributed by atoms with Gasteiger partial charge in [0.05, 0.1) is 0 Å². The minimum atomic E-state index is -2.65. The van der Waals surface area contributed by atoms with E-state index < -0.39 is 18.1 Å². The number of nitrogens with zero attached hydrogens (tertiary/aromatic N) is 2. The van der Waals surface area contributed by atoms with Gasteiger partial charge in [0.15, 0.2) is 0 Å². The number of benzene rings is 1. The van der Waals surface area contributed by atoms with Crippen LogP contribution in [0.25, 0.3) is 0 Å². The molecule has 0 atom stereocenters. The molecule has 25 heavy (non-hydrogen) atoms. The van der Waals surface area contributed by atoms with Gasteiger partial charge in [0.2, 0.25) is 0 Å². The summed E-state index contributed by atoms with van der Waals surface area (Å²) in [5, 5.41) is 11.6. The summed E-state index contributed by atoms with van der Waals surface area (Å²) in [5.74, 6) is -2.99. The van der Waals surface area contributed by atoms with Gasteiger partial charge >= 0.3 is 6.09 Å². The molecule has 0 bridgehead atoms. The van der Waals surface area contributed by atoms with E-state index in [0.717, 1.165) is 5.56 Å². The quantitative estimate of drug-likeness (QED) is 0.869. The van der Waals surface area contributed by atoms with E-state index in [1.165, 1.54) is 4.90 Å². The van der Waals surface area contributed by atoms with Crippen molar-refractivity contribution in [2.45, 2.75) is 31.4 Å². The van der Waals surface area contributed by atoms with Crippen LogP contribution in [0, 0.1) is 0 Å². The molecular weight excluding hydrogens is 332 g/mol. The Morgan fingerprint density at radius 2 is 1.88 bits per heavy atom. The predicted molar refractivity (Wildman–Crippen MR) is 86.8 cm³/mol. The molecule has 0 spiro atoms. The highest BCUT2D eigenvalue weighted by Gasteiger charge is 2.45. The van der Waals surface area contributed by atoms with Gasteiger partial charge in [-0.2, -0.15) is 0 Å². The van der Waals surface area contributed by atoms with E-state index in [4.69, 9.17) is 5.11 Å². The van der Waals surface area contributed by atoms with E-state index in [9.17, 15) is 18.4 Å². The smallest absolute Gasteiger partial charge is 0.407 e. The highest BCUT2D eigenvalue weighted by Crippen LogP contribution is 2.37. The Bertz CT molecular complexity index is 652. The maximum atomic E-state index is 12.8. The number of halogens is 2. The molecule has 1 aromatic rings. The Morgan fingerprint density at radius 1 is 1.20 bits per heavy atom. The molecule has 3 rings (SSSR count). The Morgan fingerprint density at radius 3 is 2.48 bits per heavy atom. The van der Waals surface area contributed by atoms with Crippen LogP contribution in [-0.2, 0) is 6.54 Å². The molecule has 1 heterocycles. The van der Waals surface area contributed by atoms with Crippen LogP contribution in [0.3, 0.4) is 0 Å². The molecule has 1 saturated carbocycles. The number of rotatable bonds is 4. The van der Waals surface area contributed by atoms with Crippen molar-refractivity contribution >= 4 is 12.0 Å². The molecule has 136 valence electrons. The number of hydrogen-bond acceptors (Lipinski definition) is 3. The average molecular weight is 353 g/mol. The van der Waals surface area contributed by atoms with Crippen LogP contribution in [0.2, 0.25) is 0 Å². The number of carbonyl (C=O) groups is 2. The van der Waals surface area contributed by atoms with Crippen LogP contribution >= 0.6 is 0 Å². The Hall–Kier alpha value is -2.22. The topological polar surface area (TPSA) is 72.9 Å². The SMILES string of the molecule is O=C(NC1CC(F)(F)C1)c1cccc(CN2CCN(C(=O)O)CC2)c1. The minimum absolute atomic E-state index is 0.299. The fraction of sp³-hybridized carbons (Fsp3) is 0.529. The van der Waals surface area contributed by atoms with Gasteiger partial charge in [-0.1, -0.05) is 12.1 Å². The molecule has 2 aliphatic rings. The molecular formula is C17H21F2N3O3. The third-order valence-corrected chi connectivity index (χ3v) is 4.66. The van der Waals surface area contributed by atoms with E-state index >= 15 is 0 Å². The van der Waals surface area contributed by atoms with Gasteiger partial charge in [-0.3, -0.25) is 9.69 Å². The van der Waals surface area contributed by atoms with E-state index in [1.54, 1.807) is 18.2 Å². The molecule has 0 unspecified atom stereocenters. The lowest BCUT2D eigenvalue weighted by Crippen LogP contribution is -2.50. The van der Waals surface area contributed by atoms with Crippen LogP contribution in [0.5, 0.6) is 0 Å². The molecule has 8 heteroatoms.